The second kappa shape index (κ2) is 3.80. The maximum atomic E-state index is 11.6. The van der Waals surface area contributed by atoms with Crippen LogP contribution in [0.25, 0.3) is 0 Å². The number of hydrogen-bond donors (Lipinski definition) is 1. The van der Waals surface area contributed by atoms with Gasteiger partial charge in [0, 0.05) is 6.92 Å². The summed E-state index contributed by atoms with van der Waals surface area (Å²) < 4.78 is 3.86. The summed E-state index contributed by atoms with van der Waals surface area (Å²) in [4.78, 5) is 11.6. The number of nitrogens with one attached hydrogen (secondary N) is 1. The maximum Gasteiger partial charge on any atom is 0.229 e. The molecule has 0 saturated heterocycles. The molecule has 0 aromatic heterocycles. The fourth-order valence-electron chi connectivity index (χ4n) is 1.59. The van der Waals surface area contributed by atoms with E-state index < -0.39 is 8.37 Å². The lowest BCUT2D eigenvalue weighted by atomic mass is 10.3. The van der Waals surface area contributed by atoms with Crippen LogP contribution in [0.3, 0.4) is 0 Å². The highest BCUT2D eigenvalue weighted by Crippen LogP contribution is 2.54. The zero-order valence-corrected chi connectivity index (χ0v) is 9.95. The van der Waals surface area contributed by atoms with Crippen molar-refractivity contribution in [3.05, 3.63) is 24.3 Å². The number of carbonyl (C=O) groups excluding carboxylic acids is 1. The van der Waals surface area contributed by atoms with Gasteiger partial charge in [-0.15, -0.1) is 0 Å². The summed E-state index contributed by atoms with van der Waals surface area (Å²) >= 11 is 0. The summed E-state index contributed by atoms with van der Waals surface area (Å²) in [6, 6.07) is 7.89. The highest BCUT2D eigenvalue weighted by molar-refractivity contribution is 7.60. The predicted molar refractivity (Wildman–Crippen MR) is 63.8 cm³/mol. The molecule has 0 saturated carbocycles. The van der Waals surface area contributed by atoms with Crippen molar-refractivity contribution in [2.75, 3.05) is 23.9 Å². The number of nitrogens with zero attached hydrogens (tertiary/aromatic N) is 2. The van der Waals surface area contributed by atoms with E-state index in [0.29, 0.717) is 0 Å². The average Bonchev–Trinajstić information content (AvgIpc) is 2.56. The number of para-hydroxylation sites is 2. The van der Waals surface area contributed by atoms with Gasteiger partial charge in [-0.3, -0.25) is 14.1 Å². The van der Waals surface area contributed by atoms with Crippen molar-refractivity contribution in [2.45, 2.75) is 6.92 Å². The summed E-state index contributed by atoms with van der Waals surface area (Å²) in [5.74, 6) is 0.0762. The van der Waals surface area contributed by atoms with Crippen molar-refractivity contribution < 1.29 is 4.79 Å². The van der Waals surface area contributed by atoms with Crippen LogP contribution in [0.4, 0.5) is 11.4 Å². The van der Waals surface area contributed by atoms with Crippen LogP contribution < -0.4 is 9.76 Å². The zero-order valence-electron chi connectivity index (χ0n) is 9.06. The predicted octanol–water partition coefficient (Wildman–Crippen LogP) is 2.25. The number of rotatable bonds is 1. The van der Waals surface area contributed by atoms with Crippen molar-refractivity contribution in [3.8, 4) is 0 Å². The Morgan fingerprint density at radius 2 is 2.07 bits per heavy atom. The van der Waals surface area contributed by atoms with Gasteiger partial charge in [0.1, 0.15) is 0 Å². The third-order valence-electron chi connectivity index (χ3n) is 2.22. The quantitative estimate of drug-likeness (QED) is 0.742. The van der Waals surface area contributed by atoms with Gasteiger partial charge in [0.2, 0.25) is 5.91 Å². The molecule has 1 aliphatic rings. The van der Waals surface area contributed by atoms with Gasteiger partial charge in [0.15, 0.2) is 8.37 Å². The van der Waals surface area contributed by atoms with Gasteiger partial charge in [0.05, 0.1) is 11.4 Å². The summed E-state index contributed by atoms with van der Waals surface area (Å²) in [6.07, 6.45) is 0. The number of fused-ring (bicyclic) bond motifs is 1. The molecule has 2 rings (SSSR count). The first-order valence-corrected chi connectivity index (χ1v) is 5.99. The van der Waals surface area contributed by atoms with Gasteiger partial charge >= 0.3 is 0 Å². The first-order valence-electron chi connectivity index (χ1n) is 4.75. The summed E-state index contributed by atoms with van der Waals surface area (Å²) in [5.41, 5.74) is 2.01. The minimum atomic E-state index is -0.767. The molecule has 4 nitrogen and oxygen atoms in total. The standard InChI is InChI=1S/C10H14N3OP/c1-8(14)13-10-7-5-4-6-9(10)11-15(13)12(2)3/h4-7,11H,1-3H3. The normalized spacial score (nSPS) is 18.9. The average molecular weight is 223 g/mol. The molecule has 1 amide bonds. The number of hydrogen-bond acceptors (Lipinski definition) is 3. The Kier molecular flexibility index (Phi) is 2.63. The molecule has 0 fully saturated rings. The van der Waals surface area contributed by atoms with Crippen LogP contribution in [0.15, 0.2) is 24.3 Å². The van der Waals surface area contributed by atoms with Crippen molar-refractivity contribution in [1.82, 2.24) is 4.67 Å². The Morgan fingerprint density at radius 3 is 2.67 bits per heavy atom. The molecule has 1 atom stereocenters. The van der Waals surface area contributed by atoms with E-state index in [4.69, 9.17) is 0 Å². The fourth-order valence-corrected chi connectivity index (χ4v) is 3.30. The lowest BCUT2D eigenvalue weighted by Crippen LogP contribution is -2.26. The molecule has 0 aliphatic carbocycles. The Morgan fingerprint density at radius 1 is 1.40 bits per heavy atom. The van der Waals surface area contributed by atoms with Crippen molar-refractivity contribution in [1.29, 1.82) is 0 Å². The third kappa shape index (κ3) is 1.71. The lowest BCUT2D eigenvalue weighted by molar-refractivity contribution is -0.115. The number of anilines is 2. The van der Waals surface area contributed by atoms with E-state index in [0.717, 1.165) is 11.4 Å². The zero-order chi connectivity index (χ0) is 11.0. The Labute approximate surface area is 90.8 Å². The molecule has 5 heteroatoms. The summed E-state index contributed by atoms with van der Waals surface area (Å²) in [7, 11) is 3.18. The van der Waals surface area contributed by atoms with Crippen molar-refractivity contribution in [2.24, 2.45) is 0 Å². The first-order chi connectivity index (χ1) is 7.11. The highest BCUT2D eigenvalue weighted by Gasteiger charge is 2.33. The molecule has 0 radical (unpaired) electrons. The molecule has 80 valence electrons. The topological polar surface area (TPSA) is 35.6 Å². The fraction of sp³-hybridized carbons (Fsp3) is 0.300. The molecular formula is C10H14N3OP. The van der Waals surface area contributed by atoms with Crippen LogP contribution in [0.1, 0.15) is 6.92 Å². The molecule has 1 aromatic rings. The molecule has 1 aliphatic heterocycles. The maximum absolute atomic E-state index is 11.6. The van der Waals surface area contributed by atoms with Gasteiger partial charge in [0.25, 0.3) is 0 Å². The van der Waals surface area contributed by atoms with E-state index in [1.165, 1.54) is 0 Å². The molecule has 1 heterocycles. The van der Waals surface area contributed by atoms with Crippen LogP contribution in [0.2, 0.25) is 0 Å². The van der Waals surface area contributed by atoms with Crippen molar-refractivity contribution in [3.63, 3.8) is 0 Å². The van der Waals surface area contributed by atoms with E-state index in [2.05, 4.69) is 5.09 Å². The SMILES string of the molecule is CC(=O)N1c2ccccc2NP1N(C)C. The van der Waals surface area contributed by atoms with Crippen LogP contribution >= 0.6 is 8.37 Å². The molecule has 0 spiro atoms. The number of carbonyl (C=O) groups is 1. The molecule has 15 heavy (non-hydrogen) atoms. The van der Waals surface area contributed by atoms with Gasteiger partial charge < -0.3 is 5.09 Å². The monoisotopic (exact) mass is 223 g/mol. The van der Waals surface area contributed by atoms with E-state index in [-0.39, 0.29) is 5.91 Å². The van der Waals surface area contributed by atoms with Crippen LogP contribution in [0.5, 0.6) is 0 Å². The summed E-state index contributed by atoms with van der Waals surface area (Å²) in [6.45, 7) is 1.60. The minimum absolute atomic E-state index is 0.0762. The van der Waals surface area contributed by atoms with Gasteiger partial charge in [-0.1, -0.05) is 12.1 Å². The first kappa shape index (κ1) is 10.4. The second-order valence-corrected chi connectivity index (χ2v) is 5.60. The Hall–Kier alpha value is -1.12. The second-order valence-electron chi connectivity index (χ2n) is 3.60. The van der Waals surface area contributed by atoms with E-state index >= 15 is 0 Å². The smallest absolute Gasteiger partial charge is 0.229 e. The number of benzene rings is 1. The summed E-state index contributed by atoms with van der Waals surface area (Å²) in [5, 5.41) is 3.36. The molecular weight excluding hydrogens is 209 g/mol. The van der Waals surface area contributed by atoms with Crippen LogP contribution in [-0.4, -0.2) is 24.7 Å². The van der Waals surface area contributed by atoms with Crippen LogP contribution in [-0.2, 0) is 4.79 Å². The van der Waals surface area contributed by atoms with Crippen LogP contribution in [0, 0.1) is 0 Å². The van der Waals surface area contributed by atoms with E-state index in [9.17, 15) is 4.79 Å². The third-order valence-corrected chi connectivity index (χ3v) is 4.29. The Bertz CT molecular complexity index is 394. The Balaban J connectivity index is 2.42. The van der Waals surface area contributed by atoms with Gasteiger partial charge in [-0.25, -0.2) is 0 Å². The molecule has 1 aromatic carbocycles. The van der Waals surface area contributed by atoms with Gasteiger partial charge in [-0.05, 0) is 26.2 Å². The van der Waals surface area contributed by atoms with Gasteiger partial charge in [-0.2, -0.15) is 0 Å². The molecule has 1 unspecified atom stereocenters. The largest absolute Gasteiger partial charge is 0.333 e. The van der Waals surface area contributed by atoms with E-state index in [1.807, 2.05) is 47.7 Å². The van der Waals surface area contributed by atoms with Crippen molar-refractivity contribution >= 4 is 25.7 Å². The highest BCUT2D eigenvalue weighted by atomic mass is 31.1. The lowest BCUT2D eigenvalue weighted by Gasteiger charge is -2.27. The number of amides is 1. The minimum Gasteiger partial charge on any atom is -0.333 e. The molecule has 1 N–H and O–H groups in total. The molecule has 0 bridgehead atoms. The van der Waals surface area contributed by atoms with E-state index in [1.54, 1.807) is 6.92 Å².